The van der Waals surface area contributed by atoms with Crippen molar-refractivity contribution in [3.63, 3.8) is 0 Å². The molecule has 0 radical (unpaired) electrons. The van der Waals surface area contributed by atoms with Crippen LogP contribution in [-0.4, -0.2) is 23.5 Å². The molecule has 110 valence electrons. The monoisotopic (exact) mass is 287 g/mol. The second-order valence-electron chi connectivity index (χ2n) is 4.87. The number of rotatable bonds is 6. The van der Waals surface area contributed by atoms with Gasteiger partial charge < -0.3 is 14.8 Å². The lowest BCUT2D eigenvalue weighted by molar-refractivity contribution is -0.141. The summed E-state index contributed by atoms with van der Waals surface area (Å²) in [6, 6.07) is 11.0. The average Bonchev–Trinajstić information content (AvgIpc) is 2.90. The lowest BCUT2D eigenvalue weighted by Crippen LogP contribution is -2.34. The van der Waals surface area contributed by atoms with Crippen LogP contribution in [0.4, 0.5) is 0 Å². The van der Waals surface area contributed by atoms with Crippen molar-refractivity contribution in [2.45, 2.75) is 13.3 Å². The SMILES string of the molecule is Cc1ccoc1C(=O)NCC(Cc1ccccc1)C(=O)O. The first-order chi connectivity index (χ1) is 10.1. The molecule has 21 heavy (non-hydrogen) atoms. The summed E-state index contributed by atoms with van der Waals surface area (Å²) in [6.45, 7) is 1.82. The van der Waals surface area contributed by atoms with Crippen LogP contribution in [0.25, 0.3) is 0 Å². The number of carbonyl (C=O) groups is 2. The van der Waals surface area contributed by atoms with Crippen LogP contribution in [-0.2, 0) is 11.2 Å². The fraction of sp³-hybridized carbons (Fsp3) is 0.250. The third-order valence-electron chi connectivity index (χ3n) is 3.25. The molecule has 2 rings (SSSR count). The van der Waals surface area contributed by atoms with Crippen molar-refractivity contribution in [1.82, 2.24) is 5.32 Å². The summed E-state index contributed by atoms with van der Waals surface area (Å²) < 4.78 is 5.08. The second-order valence-corrected chi connectivity index (χ2v) is 4.87. The summed E-state index contributed by atoms with van der Waals surface area (Å²) in [5, 5.41) is 11.9. The summed E-state index contributed by atoms with van der Waals surface area (Å²) in [5.74, 6) is -1.78. The quantitative estimate of drug-likeness (QED) is 0.854. The first-order valence-corrected chi connectivity index (χ1v) is 6.67. The number of benzene rings is 1. The molecule has 5 nitrogen and oxygen atoms in total. The van der Waals surface area contributed by atoms with Gasteiger partial charge in [0.05, 0.1) is 12.2 Å². The Kier molecular flexibility index (Phi) is 4.77. The molecule has 1 heterocycles. The van der Waals surface area contributed by atoms with E-state index >= 15 is 0 Å². The van der Waals surface area contributed by atoms with Gasteiger partial charge in [-0.25, -0.2) is 0 Å². The highest BCUT2D eigenvalue weighted by Gasteiger charge is 2.20. The van der Waals surface area contributed by atoms with Gasteiger partial charge in [0.2, 0.25) is 0 Å². The molecule has 0 bridgehead atoms. The van der Waals surface area contributed by atoms with E-state index in [1.54, 1.807) is 13.0 Å². The highest BCUT2D eigenvalue weighted by molar-refractivity contribution is 5.93. The molecule has 2 N–H and O–H groups in total. The van der Waals surface area contributed by atoms with Gasteiger partial charge >= 0.3 is 5.97 Å². The fourth-order valence-electron chi connectivity index (χ4n) is 2.05. The molecular weight excluding hydrogens is 270 g/mol. The molecule has 5 heteroatoms. The third-order valence-corrected chi connectivity index (χ3v) is 3.25. The van der Waals surface area contributed by atoms with Crippen molar-refractivity contribution in [1.29, 1.82) is 0 Å². The smallest absolute Gasteiger partial charge is 0.308 e. The number of aliphatic carboxylic acids is 1. The van der Waals surface area contributed by atoms with E-state index in [1.165, 1.54) is 6.26 Å². The lowest BCUT2D eigenvalue weighted by atomic mass is 9.99. The van der Waals surface area contributed by atoms with E-state index in [9.17, 15) is 14.7 Å². The van der Waals surface area contributed by atoms with Crippen molar-refractivity contribution < 1.29 is 19.1 Å². The molecule has 2 aromatic rings. The number of hydrogen-bond acceptors (Lipinski definition) is 3. The van der Waals surface area contributed by atoms with Crippen LogP contribution < -0.4 is 5.32 Å². The highest BCUT2D eigenvalue weighted by Crippen LogP contribution is 2.11. The third kappa shape index (κ3) is 3.95. The van der Waals surface area contributed by atoms with E-state index in [2.05, 4.69) is 5.32 Å². The zero-order chi connectivity index (χ0) is 15.2. The predicted octanol–water partition coefficient (Wildman–Crippen LogP) is 2.26. The molecule has 1 unspecified atom stereocenters. The van der Waals surface area contributed by atoms with E-state index in [1.807, 2.05) is 30.3 Å². The van der Waals surface area contributed by atoms with E-state index in [0.717, 1.165) is 11.1 Å². The minimum absolute atomic E-state index is 0.0587. The molecule has 0 saturated heterocycles. The summed E-state index contributed by atoms with van der Waals surface area (Å²) in [4.78, 5) is 23.2. The van der Waals surface area contributed by atoms with Crippen LogP contribution in [0.1, 0.15) is 21.7 Å². The minimum atomic E-state index is -0.935. The molecule has 1 aromatic carbocycles. The zero-order valence-corrected chi connectivity index (χ0v) is 11.7. The van der Waals surface area contributed by atoms with Crippen molar-refractivity contribution >= 4 is 11.9 Å². The van der Waals surface area contributed by atoms with E-state index < -0.39 is 17.8 Å². The number of carboxylic acid groups (broad SMARTS) is 1. The summed E-state index contributed by atoms with van der Waals surface area (Å²) in [5.41, 5.74) is 1.65. The number of nitrogens with one attached hydrogen (secondary N) is 1. The van der Waals surface area contributed by atoms with E-state index in [-0.39, 0.29) is 12.3 Å². The maximum absolute atomic E-state index is 11.9. The topological polar surface area (TPSA) is 79.5 Å². The van der Waals surface area contributed by atoms with Gasteiger partial charge in [-0.05, 0) is 25.0 Å². The normalized spacial score (nSPS) is 11.9. The van der Waals surface area contributed by atoms with Crippen LogP contribution in [0.3, 0.4) is 0 Å². The van der Waals surface area contributed by atoms with Crippen molar-refractivity contribution in [3.05, 3.63) is 59.5 Å². The van der Waals surface area contributed by atoms with Gasteiger partial charge in [-0.2, -0.15) is 0 Å². The van der Waals surface area contributed by atoms with Gasteiger partial charge in [0.15, 0.2) is 5.76 Å². The van der Waals surface area contributed by atoms with Crippen LogP contribution in [0, 0.1) is 12.8 Å². The summed E-state index contributed by atoms with van der Waals surface area (Å²) in [7, 11) is 0. The van der Waals surface area contributed by atoms with E-state index in [0.29, 0.717) is 6.42 Å². The number of carbonyl (C=O) groups excluding carboxylic acids is 1. The molecular formula is C16H17NO4. The Morgan fingerprint density at radius 1 is 1.24 bits per heavy atom. The molecule has 0 aliphatic carbocycles. The lowest BCUT2D eigenvalue weighted by Gasteiger charge is -2.13. The molecule has 1 aromatic heterocycles. The highest BCUT2D eigenvalue weighted by atomic mass is 16.4. The first-order valence-electron chi connectivity index (χ1n) is 6.67. The standard InChI is InChI=1S/C16H17NO4/c1-11-7-8-21-14(11)15(18)17-10-13(16(19)20)9-12-5-3-2-4-6-12/h2-8,13H,9-10H2,1H3,(H,17,18)(H,19,20). The molecule has 0 saturated carbocycles. The maximum atomic E-state index is 11.9. The molecule has 1 atom stereocenters. The van der Waals surface area contributed by atoms with Crippen LogP contribution in [0.5, 0.6) is 0 Å². The van der Waals surface area contributed by atoms with Gasteiger partial charge in [0, 0.05) is 12.1 Å². The number of amides is 1. The summed E-state index contributed by atoms with van der Waals surface area (Å²) >= 11 is 0. The Labute approximate surface area is 122 Å². The molecule has 0 aliphatic rings. The Morgan fingerprint density at radius 3 is 2.52 bits per heavy atom. The minimum Gasteiger partial charge on any atom is -0.481 e. The fourth-order valence-corrected chi connectivity index (χ4v) is 2.05. The molecule has 0 spiro atoms. The number of aryl methyl sites for hydroxylation is 1. The Balaban J connectivity index is 1.96. The van der Waals surface area contributed by atoms with Gasteiger partial charge in [0.1, 0.15) is 0 Å². The zero-order valence-electron chi connectivity index (χ0n) is 11.7. The molecule has 0 fully saturated rings. The van der Waals surface area contributed by atoms with Crippen molar-refractivity contribution in [3.8, 4) is 0 Å². The average molecular weight is 287 g/mol. The van der Waals surface area contributed by atoms with Crippen molar-refractivity contribution in [2.24, 2.45) is 5.92 Å². The molecule has 1 amide bonds. The largest absolute Gasteiger partial charge is 0.481 e. The Hall–Kier alpha value is -2.56. The number of furan rings is 1. The van der Waals surface area contributed by atoms with Crippen molar-refractivity contribution in [2.75, 3.05) is 6.54 Å². The summed E-state index contributed by atoms with van der Waals surface area (Å²) in [6.07, 6.45) is 1.80. The van der Waals surface area contributed by atoms with Gasteiger partial charge in [-0.3, -0.25) is 9.59 Å². The number of hydrogen-bond donors (Lipinski definition) is 2. The maximum Gasteiger partial charge on any atom is 0.308 e. The van der Waals surface area contributed by atoms with Gasteiger partial charge in [-0.1, -0.05) is 30.3 Å². The van der Waals surface area contributed by atoms with Gasteiger partial charge in [-0.15, -0.1) is 0 Å². The Bertz CT molecular complexity index is 618. The molecule has 0 aliphatic heterocycles. The van der Waals surface area contributed by atoms with Crippen LogP contribution in [0.15, 0.2) is 47.1 Å². The van der Waals surface area contributed by atoms with Crippen LogP contribution >= 0.6 is 0 Å². The number of carboxylic acids is 1. The Morgan fingerprint density at radius 2 is 1.95 bits per heavy atom. The van der Waals surface area contributed by atoms with Gasteiger partial charge in [0.25, 0.3) is 5.91 Å². The van der Waals surface area contributed by atoms with E-state index in [4.69, 9.17) is 4.42 Å². The second kappa shape index (κ2) is 6.74. The first kappa shape index (κ1) is 14.8. The van der Waals surface area contributed by atoms with Crippen LogP contribution in [0.2, 0.25) is 0 Å². The predicted molar refractivity (Wildman–Crippen MR) is 77.1 cm³/mol.